The summed E-state index contributed by atoms with van der Waals surface area (Å²) in [6, 6.07) is 14.5. The fourth-order valence-corrected chi connectivity index (χ4v) is 7.22. The number of benzene rings is 2. The van der Waals surface area contributed by atoms with E-state index in [0.717, 1.165) is 36.8 Å². The van der Waals surface area contributed by atoms with E-state index < -0.39 is 24.0 Å². The Morgan fingerprint density at radius 3 is 2.48 bits per heavy atom. The summed E-state index contributed by atoms with van der Waals surface area (Å²) in [5.41, 5.74) is 2.33. The number of carbonyl (C=O) groups excluding carboxylic acids is 2. The molecule has 1 spiro atoms. The van der Waals surface area contributed by atoms with Crippen LogP contribution in [0.5, 0.6) is 0 Å². The number of ketones is 1. The van der Waals surface area contributed by atoms with E-state index in [1.807, 2.05) is 19.1 Å². The maximum absolute atomic E-state index is 12.7. The molecular weight excluding hydrogens is 536 g/mol. The molecule has 1 amide bonds. The lowest BCUT2D eigenvalue weighted by molar-refractivity contribution is -0.577. The van der Waals surface area contributed by atoms with Crippen LogP contribution >= 0.6 is 0 Å². The van der Waals surface area contributed by atoms with Gasteiger partial charge in [0.05, 0.1) is 6.61 Å². The average Bonchev–Trinajstić information content (AvgIpc) is 3.24. The maximum atomic E-state index is 12.7. The topological polar surface area (TPSA) is 105 Å². The Labute approximate surface area is 246 Å². The van der Waals surface area contributed by atoms with Crippen LogP contribution in [0, 0.1) is 23.7 Å². The van der Waals surface area contributed by atoms with Gasteiger partial charge in [-0.05, 0) is 61.3 Å². The van der Waals surface area contributed by atoms with Gasteiger partial charge in [0.15, 0.2) is 24.0 Å². The Morgan fingerprint density at radius 1 is 1.00 bits per heavy atom. The van der Waals surface area contributed by atoms with Gasteiger partial charge in [0, 0.05) is 42.6 Å². The van der Waals surface area contributed by atoms with Crippen molar-refractivity contribution in [1.29, 1.82) is 0 Å². The number of hydrogen-bond donors (Lipinski definition) is 1. The maximum Gasteiger partial charge on any atom is 0.251 e. The molecule has 9 nitrogen and oxygen atoms in total. The molecule has 2 aromatic rings. The minimum Gasteiger partial charge on any atom is -0.355 e. The van der Waals surface area contributed by atoms with Gasteiger partial charge in [-0.1, -0.05) is 50.2 Å². The SMILES string of the molecule is CNC(=O)c1ccc(C=NCC(=O)c2ccc(COC3OC4O[C@@]5(C)CCC6[C@H](C)CCC([C@H]3C)[C@@]46OO5)cc2)cc1. The molecule has 224 valence electrons. The van der Waals surface area contributed by atoms with E-state index in [4.69, 9.17) is 24.0 Å². The van der Waals surface area contributed by atoms with Crippen molar-refractivity contribution in [2.24, 2.45) is 28.7 Å². The molecule has 4 aliphatic heterocycles. The van der Waals surface area contributed by atoms with Gasteiger partial charge in [-0.15, -0.1) is 0 Å². The lowest BCUT2D eigenvalue weighted by Crippen LogP contribution is -2.70. The molecule has 4 unspecified atom stereocenters. The first-order valence-electron chi connectivity index (χ1n) is 15.0. The molecule has 1 N–H and O–H groups in total. The number of ether oxygens (including phenoxy) is 3. The highest BCUT2D eigenvalue weighted by Crippen LogP contribution is 2.60. The van der Waals surface area contributed by atoms with Crippen molar-refractivity contribution < 1.29 is 33.6 Å². The van der Waals surface area contributed by atoms with E-state index in [1.54, 1.807) is 49.7 Å². The molecule has 8 atom stereocenters. The van der Waals surface area contributed by atoms with Crippen molar-refractivity contribution in [1.82, 2.24) is 5.32 Å². The number of aliphatic imine (C=N–C) groups is 1. The standard InChI is InChI=1S/C33H40N2O7/c1-20-5-14-27-21(2)30(39-31-33(27)26(20)15-16-32(3,40-31)41-42-33)38-19-23-8-10-24(11-9-23)28(36)18-35-17-22-6-12-25(13-7-22)29(37)34-4/h6-13,17,20-21,26-27,30-31H,5,14-16,18-19H2,1-4H3,(H,34,37)/t20-,21-,26?,27?,30?,31?,32-,33-/m1/s1. The summed E-state index contributed by atoms with van der Waals surface area (Å²) in [4.78, 5) is 40.8. The first-order valence-corrected chi connectivity index (χ1v) is 15.0. The molecule has 9 heteroatoms. The number of carbonyl (C=O) groups is 2. The summed E-state index contributed by atoms with van der Waals surface area (Å²) in [6.07, 6.45) is 4.60. The number of rotatable bonds is 8. The van der Waals surface area contributed by atoms with Crippen LogP contribution in [0.25, 0.3) is 0 Å². The number of Topliss-reactive ketones (excluding diaryl/α,β-unsaturated/α-hetero) is 1. The zero-order valence-corrected chi connectivity index (χ0v) is 24.7. The van der Waals surface area contributed by atoms with Crippen molar-refractivity contribution in [3.8, 4) is 0 Å². The van der Waals surface area contributed by atoms with E-state index >= 15 is 0 Å². The van der Waals surface area contributed by atoms with E-state index in [9.17, 15) is 9.59 Å². The Balaban J connectivity index is 1.05. The van der Waals surface area contributed by atoms with Gasteiger partial charge in [-0.2, -0.15) is 0 Å². The highest BCUT2D eigenvalue weighted by molar-refractivity contribution is 5.99. The van der Waals surface area contributed by atoms with Crippen LogP contribution in [0.3, 0.4) is 0 Å². The van der Waals surface area contributed by atoms with Gasteiger partial charge in [-0.3, -0.25) is 14.6 Å². The van der Waals surface area contributed by atoms with Crippen LogP contribution in [-0.4, -0.2) is 55.5 Å². The first-order chi connectivity index (χ1) is 20.2. The molecular formula is C33H40N2O7. The molecule has 2 aromatic carbocycles. The van der Waals surface area contributed by atoms with Crippen molar-refractivity contribution in [2.45, 2.75) is 77.0 Å². The summed E-state index contributed by atoms with van der Waals surface area (Å²) in [6.45, 7) is 6.80. The Hall–Kier alpha value is -2.95. The van der Waals surface area contributed by atoms with E-state index in [1.165, 1.54) is 0 Å². The van der Waals surface area contributed by atoms with Crippen LogP contribution < -0.4 is 5.32 Å². The van der Waals surface area contributed by atoms with Gasteiger partial charge in [-0.25, -0.2) is 9.78 Å². The third-order valence-corrected chi connectivity index (χ3v) is 9.66. The summed E-state index contributed by atoms with van der Waals surface area (Å²) < 4.78 is 19.3. The Bertz CT molecular complexity index is 1330. The molecule has 42 heavy (non-hydrogen) atoms. The molecule has 7 rings (SSSR count). The van der Waals surface area contributed by atoms with Gasteiger partial charge < -0.3 is 19.5 Å². The van der Waals surface area contributed by atoms with Crippen molar-refractivity contribution >= 4 is 17.9 Å². The predicted molar refractivity (Wildman–Crippen MR) is 155 cm³/mol. The molecule has 1 saturated carbocycles. The van der Waals surface area contributed by atoms with E-state index in [-0.39, 0.29) is 30.1 Å². The number of nitrogens with zero attached hydrogens (tertiary/aromatic N) is 1. The number of amides is 1. The molecule has 0 radical (unpaired) electrons. The molecule has 2 bridgehead atoms. The second kappa shape index (κ2) is 11.6. The minimum absolute atomic E-state index is 0.0370. The molecule has 0 aromatic heterocycles. The third kappa shape index (κ3) is 5.33. The molecule has 4 saturated heterocycles. The van der Waals surface area contributed by atoms with Crippen molar-refractivity contribution in [3.63, 3.8) is 0 Å². The first kappa shape index (κ1) is 29.1. The fourth-order valence-electron chi connectivity index (χ4n) is 7.22. The van der Waals surface area contributed by atoms with Crippen molar-refractivity contribution in [2.75, 3.05) is 13.6 Å². The Morgan fingerprint density at radius 2 is 1.74 bits per heavy atom. The monoisotopic (exact) mass is 576 g/mol. The third-order valence-electron chi connectivity index (χ3n) is 9.66. The van der Waals surface area contributed by atoms with Gasteiger partial charge in [0.1, 0.15) is 6.54 Å². The summed E-state index contributed by atoms with van der Waals surface area (Å²) in [5.74, 6) is 0.105. The molecule has 4 heterocycles. The van der Waals surface area contributed by atoms with E-state index in [0.29, 0.717) is 29.6 Å². The van der Waals surface area contributed by atoms with Crippen molar-refractivity contribution in [3.05, 3.63) is 70.8 Å². The summed E-state index contributed by atoms with van der Waals surface area (Å²) >= 11 is 0. The van der Waals surface area contributed by atoms with Gasteiger partial charge >= 0.3 is 0 Å². The van der Waals surface area contributed by atoms with Crippen LogP contribution in [0.2, 0.25) is 0 Å². The summed E-state index contributed by atoms with van der Waals surface area (Å²) in [7, 11) is 1.59. The largest absolute Gasteiger partial charge is 0.355 e. The number of fused-ring (bicyclic) bond motifs is 2. The number of hydrogen-bond acceptors (Lipinski definition) is 8. The van der Waals surface area contributed by atoms with E-state index in [2.05, 4.69) is 24.2 Å². The second-order valence-electron chi connectivity index (χ2n) is 12.4. The van der Waals surface area contributed by atoms with Crippen LogP contribution in [0.4, 0.5) is 0 Å². The molecule has 5 aliphatic rings. The predicted octanol–water partition coefficient (Wildman–Crippen LogP) is 5.07. The second-order valence-corrected chi connectivity index (χ2v) is 12.4. The highest BCUT2D eigenvalue weighted by Gasteiger charge is 2.69. The lowest BCUT2D eigenvalue weighted by atomic mass is 9.58. The lowest BCUT2D eigenvalue weighted by Gasteiger charge is -2.60. The smallest absolute Gasteiger partial charge is 0.251 e. The Kier molecular flexibility index (Phi) is 8.06. The van der Waals surface area contributed by atoms with Gasteiger partial charge in [0.25, 0.3) is 5.91 Å². The summed E-state index contributed by atoms with van der Waals surface area (Å²) in [5, 5.41) is 2.59. The molecule has 5 fully saturated rings. The fraction of sp³-hybridized carbons (Fsp3) is 0.545. The zero-order valence-electron chi connectivity index (χ0n) is 24.7. The van der Waals surface area contributed by atoms with Crippen LogP contribution in [0.15, 0.2) is 53.5 Å². The van der Waals surface area contributed by atoms with Crippen LogP contribution in [0.1, 0.15) is 78.3 Å². The molecule has 1 aliphatic carbocycles. The van der Waals surface area contributed by atoms with Crippen LogP contribution in [-0.2, 0) is 30.6 Å². The highest BCUT2D eigenvalue weighted by atomic mass is 17.3. The quantitative estimate of drug-likeness (QED) is 0.266. The average molecular weight is 577 g/mol. The van der Waals surface area contributed by atoms with Gasteiger partial charge in [0.2, 0.25) is 5.79 Å². The number of nitrogens with one attached hydrogen (secondary N) is 1. The normalized spacial score (nSPS) is 35.4. The minimum atomic E-state index is -0.813. The zero-order chi connectivity index (χ0) is 29.5.